The number of benzene rings is 3. The van der Waals surface area contributed by atoms with Gasteiger partial charge in [-0.25, -0.2) is 4.39 Å². The summed E-state index contributed by atoms with van der Waals surface area (Å²) in [6.45, 7) is 4.13. The van der Waals surface area contributed by atoms with E-state index in [4.69, 9.17) is 10.5 Å². The number of carbonyl (C=O) groups excluding carboxylic acids is 1. The van der Waals surface area contributed by atoms with Crippen LogP contribution in [0.1, 0.15) is 66.1 Å². The van der Waals surface area contributed by atoms with E-state index in [1.807, 2.05) is 59.5 Å². The van der Waals surface area contributed by atoms with Crippen molar-refractivity contribution < 1.29 is 19.0 Å². The normalized spacial score (nSPS) is 17.2. The number of hydrogen-bond donors (Lipinski definition) is 2. The lowest BCUT2D eigenvalue weighted by Crippen LogP contribution is -2.48. The van der Waals surface area contributed by atoms with Crippen LogP contribution < -0.4 is 5.73 Å². The Hall–Kier alpha value is -3.06. The molecule has 1 unspecified atom stereocenters. The molecule has 0 radical (unpaired) electrons. The summed E-state index contributed by atoms with van der Waals surface area (Å²) in [6, 6.07) is 20.3. The summed E-state index contributed by atoms with van der Waals surface area (Å²) in [4.78, 5) is 15.3. The van der Waals surface area contributed by atoms with Crippen LogP contribution in [0.2, 0.25) is 0 Å². The number of unbranched alkanes of at least 4 members (excludes halogenated alkanes) is 1. The fourth-order valence-corrected chi connectivity index (χ4v) is 5.84. The third kappa shape index (κ3) is 6.57. The van der Waals surface area contributed by atoms with Gasteiger partial charge in [-0.05, 0) is 79.0 Å². The first-order valence-electron chi connectivity index (χ1n) is 14.1. The van der Waals surface area contributed by atoms with E-state index in [1.54, 1.807) is 13.2 Å². The number of likely N-dealkylation sites (tertiary alicyclic amines) is 1. The number of ether oxygens (including phenoxy) is 1. The van der Waals surface area contributed by atoms with Crippen molar-refractivity contribution in [2.24, 2.45) is 11.7 Å². The lowest BCUT2D eigenvalue weighted by atomic mass is 9.72. The van der Waals surface area contributed by atoms with Gasteiger partial charge in [0.1, 0.15) is 5.82 Å². The molecule has 3 aromatic rings. The van der Waals surface area contributed by atoms with E-state index in [9.17, 15) is 9.90 Å². The molecule has 1 heterocycles. The zero-order valence-electron chi connectivity index (χ0n) is 23.2. The molecular formula is C33H41FN2O3. The second-order valence-electron chi connectivity index (χ2n) is 10.6. The molecule has 3 N–H and O–H groups in total. The molecule has 1 saturated heterocycles. The second-order valence-corrected chi connectivity index (χ2v) is 10.6. The molecule has 4 rings (SSSR count). The minimum atomic E-state index is -1.31. The van der Waals surface area contributed by atoms with Crippen LogP contribution in [0.4, 0.5) is 4.39 Å². The average molecular weight is 533 g/mol. The summed E-state index contributed by atoms with van der Waals surface area (Å²) in [7, 11) is 1.67. The van der Waals surface area contributed by atoms with Gasteiger partial charge in [0.2, 0.25) is 0 Å². The van der Waals surface area contributed by atoms with Crippen molar-refractivity contribution in [1.82, 2.24) is 4.90 Å². The quantitative estimate of drug-likeness (QED) is 0.294. The molecule has 0 bridgehead atoms. The van der Waals surface area contributed by atoms with Crippen molar-refractivity contribution in [1.29, 1.82) is 0 Å². The number of rotatable bonds is 11. The standard InChI is InChI=1S/C33H41FN2O3/c1-3-24-9-6-10-27(21-24)31-29(12-7-13-30(31)34)33(38,18-4-5-20-39-2)28-11-8-19-36(23-28)32(37)26-16-14-25(22-35)15-17-26/h6-7,9-10,12-17,21,28,38H,3-5,8,11,18-20,22-23,35H2,1-2H3/t28-,33?/m1/s1. The Labute approximate surface area is 231 Å². The molecule has 1 fully saturated rings. The van der Waals surface area contributed by atoms with Gasteiger partial charge < -0.3 is 20.5 Å². The van der Waals surface area contributed by atoms with Crippen LogP contribution in [0.25, 0.3) is 11.1 Å². The maximum absolute atomic E-state index is 15.6. The van der Waals surface area contributed by atoms with Crippen molar-refractivity contribution in [3.63, 3.8) is 0 Å². The molecule has 6 heteroatoms. The minimum absolute atomic E-state index is 0.0554. The van der Waals surface area contributed by atoms with Crippen LogP contribution in [0.5, 0.6) is 0 Å². The van der Waals surface area contributed by atoms with Crippen LogP contribution in [-0.4, -0.2) is 42.7 Å². The van der Waals surface area contributed by atoms with Gasteiger partial charge in [-0.15, -0.1) is 0 Å². The lowest BCUT2D eigenvalue weighted by molar-refractivity contribution is -0.0575. The maximum atomic E-state index is 15.6. The Kier molecular flexibility index (Phi) is 9.89. The number of halogens is 1. The summed E-state index contributed by atoms with van der Waals surface area (Å²) in [5.74, 6) is -0.643. The maximum Gasteiger partial charge on any atom is 0.253 e. The number of amides is 1. The second kappa shape index (κ2) is 13.3. The number of nitrogens with two attached hydrogens (primary N) is 1. The lowest BCUT2D eigenvalue weighted by Gasteiger charge is -2.43. The van der Waals surface area contributed by atoms with E-state index in [-0.39, 0.29) is 17.6 Å². The molecular weight excluding hydrogens is 491 g/mol. The summed E-state index contributed by atoms with van der Waals surface area (Å²) < 4.78 is 20.9. The first kappa shape index (κ1) is 28.9. The zero-order chi connectivity index (χ0) is 27.8. The van der Waals surface area contributed by atoms with Gasteiger partial charge >= 0.3 is 0 Å². The summed E-state index contributed by atoms with van der Waals surface area (Å²) in [5.41, 5.74) is 8.92. The third-order valence-electron chi connectivity index (χ3n) is 8.08. The van der Waals surface area contributed by atoms with Gasteiger partial charge in [-0.2, -0.15) is 0 Å². The number of aryl methyl sites for hydroxylation is 1. The SMILES string of the molecule is CCc1cccc(-c2c(F)cccc2C(O)(CCCCOC)[C@@H]2CCCN(C(=O)c3ccc(CN)cc3)C2)c1. The minimum Gasteiger partial charge on any atom is -0.385 e. The molecule has 2 atom stereocenters. The number of aliphatic hydroxyl groups is 1. The smallest absolute Gasteiger partial charge is 0.253 e. The summed E-state index contributed by atoms with van der Waals surface area (Å²) in [6.07, 6.45) is 4.33. The van der Waals surface area contributed by atoms with E-state index in [2.05, 4.69) is 6.92 Å². The van der Waals surface area contributed by atoms with Gasteiger partial charge in [0.15, 0.2) is 0 Å². The molecule has 0 saturated carbocycles. The molecule has 0 aromatic heterocycles. The number of carbonyl (C=O) groups is 1. The van der Waals surface area contributed by atoms with Gasteiger partial charge in [0, 0.05) is 50.4 Å². The number of nitrogens with zero attached hydrogens (tertiary/aromatic N) is 1. The molecule has 0 aliphatic carbocycles. The number of piperidine rings is 1. The predicted octanol–water partition coefficient (Wildman–Crippen LogP) is 6.07. The highest BCUT2D eigenvalue weighted by Crippen LogP contribution is 2.44. The highest BCUT2D eigenvalue weighted by molar-refractivity contribution is 5.94. The van der Waals surface area contributed by atoms with Gasteiger partial charge in [-0.1, -0.05) is 55.5 Å². The monoisotopic (exact) mass is 532 g/mol. The molecule has 208 valence electrons. The van der Waals surface area contributed by atoms with E-state index < -0.39 is 5.60 Å². The van der Waals surface area contributed by atoms with Crippen molar-refractivity contribution in [2.75, 3.05) is 26.8 Å². The van der Waals surface area contributed by atoms with Crippen molar-refractivity contribution in [2.45, 2.75) is 57.6 Å². The first-order chi connectivity index (χ1) is 18.9. The third-order valence-corrected chi connectivity index (χ3v) is 8.08. The van der Waals surface area contributed by atoms with E-state index >= 15 is 4.39 Å². The highest BCUT2D eigenvalue weighted by Gasteiger charge is 2.43. The van der Waals surface area contributed by atoms with E-state index in [1.165, 1.54) is 6.07 Å². The molecule has 1 aliphatic rings. The Morgan fingerprint density at radius 3 is 2.59 bits per heavy atom. The molecule has 1 amide bonds. The van der Waals surface area contributed by atoms with Crippen LogP contribution in [-0.2, 0) is 23.3 Å². The molecule has 39 heavy (non-hydrogen) atoms. The van der Waals surface area contributed by atoms with Crippen molar-refractivity contribution in [3.8, 4) is 11.1 Å². The van der Waals surface area contributed by atoms with Crippen LogP contribution in [0, 0.1) is 11.7 Å². The van der Waals surface area contributed by atoms with Gasteiger partial charge in [0.25, 0.3) is 5.91 Å². The van der Waals surface area contributed by atoms with Crippen molar-refractivity contribution in [3.05, 3.63) is 94.8 Å². The Balaban J connectivity index is 1.71. The highest BCUT2D eigenvalue weighted by atomic mass is 19.1. The van der Waals surface area contributed by atoms with E-state index in [0.29, 0.717) is 49.4 Å². The van der Waals surface area contributed by atoms with E-state index in [0.717, 1.165) is 48.8 Å². The topological polar surface area (TPSA) is 75.8 Å². The predicted molar refractivity (Wildman–Crippen MR) is 154 cm³/mol. The molecule has 3 aromatic carbocycles. The number of hydrogen-bond acceptors (Lipinski definition) is 4. The van der Waals surface area contributed by atoms with Crippen LogP contribution in [0.3, 0.4) is 0 Å². The largest absolute Gasteiger partial charge is 0.385 e. The zero-order valence-corrected chi connectivity index (χ0v) is 23.2. The van der Waals surface area contributed by atoms with Crippen molar-refractivity contribution >= 4 is 5.91 Å². The Morgan fingerprint density at radius 2 is 1.87 bits per heavy atom. The summed E-state index contributed by atoms with van der Waals surface area (Å²) >= 11 is 0. The van der Waals surface area contributed by atoms with Crippen LogP contribution in [0.15, 0.2) is 66.7 Å². The van der Waals surface area contributed by atoms with Gasteiger partial charge in [-0.3, -0.25) is 4.79 Å². The average Bonchev–Trinajstić information content (AvgIpc) is 2.98. The fourth-order valence-electron chi connectivity index (χ4n) is 5.84. The summed E-state index contributed by atoms with van der Waals surface area (Å²) in [5, 5.41) is 12.6. The van der Waals surface area contributed by atoms with Gasteiger partial charge in [0.05, 0.1) is 5.60 Å². The molecule has 0 spiro atoms. The Bertz CT molecular complexity index is 1250. The first-order valence-corrected chi connectivity index (χ1v) is 14.1. The fraction of sp³-hybridized carbons (Fsp3) is 0.424. The number of methoxy groups -OCH3 is 1. The Morgan fingerprint density at radius 1 is 1.10 bits per heavy atom. The molecule has 5 nitrogen and oxygen atoms in total. The van der Waals surface area contributed by atoms with Crippen LogP contribution >= 0.6 is 0 Å². The molecule has 1 aliphatic heterocycles.